The third-order valence-electron chi connectivity index (χ3n) is 3.77. The molecule has 0 bridgehead atoms. The lowest BCUT2D eigenvalue weighted by Gasteiger charge is -2.22. The van der Waals surface area contributed by atoms with Crippen molar-refractivity contribution in [3.8, 4) is 5.75 Å². The first-order valence-corrected chi connectivity index (χ1v) is 6.97. The first-order chi connectivity index (χ1) is 9.78. The van der Waals surface area contributed by atoms with Crippen LogP contribution in [0.3, 0.4) is 0 Å². The number of anilines is 1. The van der Waals surface area contributed by atoms with Crippen LogP contribution >= 0.6 is 0 Å². The Kier molecular flexibility index (Phi) is 3.73. The number of hydrogen-bond acceptors (Lipinski definition) is 4. The molecule has 0 radical (unpaired) electrons. The predicted molar refractivity (Wildman–Crippen MR) is 76.7 cm³/mol. The van der Waals surface area contributed by atoms with E-state index >= 15 is 0 Å². The Balaban J connectivity index is 1.75. The quantitative estimate of drug-likeness (QED) is 0.801. The summed E-state index contributed by atoms with van der Waals surface area (Å²) in [5.41, 5.74) is 0.648. The summed E-state index contributed by atoms with van der Waals surface area (Å²) in [6.07, 6.45) is 2.22. The molecule has 3 N–H and O–H groups in total. The van der Waals surface area contributed by atoms with E-state index in [1.54, 1.807) is 13.1 Å². The molecule has 0 saturated carbocycles. The number of aromatic nitrogens is 2. The van der Waals surface area contributed by atoms with Crippen LogP contribution in [0, 0.1) is 11.7 Å². The molecule has 0 aliphatic carbocycles. The van der Waals surface area contributed by atoms with Crippen molar-refractivity contribution in [2.24, 2.45) is 5.92 Å². The molecule has 0 unspecified atom stereocenters. The highest BCUT2D eigenvalue weighted by atomic mass is 19.1. The van der Waals surface area contributed by atoms with E-state index in [9.17, 15) is 4.39 Å². The van der Waals surface area contributed by atoms with Gasteiger partial charge in [0.15, 0.2) is 5.82 Å². The molecule has 5 nitrogen and oxygen atoms in total. The number of piperidine rings is 1. The minimum Gasteiger partial charge on any atom is -0.493 e. The SMILES string of the molecule is CNc1n[nH]c2cc(OCC3CCNCC3)cc(F)c12. The van der Waals surface area contributed by atoms with Crippen LogP contribution in [-0.4, -0.2) is 36.9 Å². The lowest BCUT2D eigenvalue weighted by atomic mass is 9.99. The standard InChI is InChI=1S/C14H19FN4O/c1-16-14-13-11(15)6-10(7-12(13)18-19-14)20-8-9-2-4-17-5-3-9/h6-7,9,17H,2-5,8H2,1H3,(H2,16,18,19). The van der Waals surface area contributed by atoms with Crippen molar-refractivity contribution < 1.29 is 9.13 Å². The molecule has 1 aromatic heterocycles. The van der Waals surface area contributed by atoms with Gasteiger partial charge < -0.3 is 15.4 Å². The number of aromatic amines is 1. The molecule has 1 aliphatic heterocycles. The van der Waals surface area contributed by atoms with Gasteiger partial charge in [-0.25, -0.2) is 4.39 Å². The number of fused-ring (bicyclic) bond motifs is 1. The number of nitrogens with one attached hydrogen (secondary N) is 3. The van der Waals surface area contributed by atoms with Gasteiger partial charge in [0, 0.05) is 19.2 Å². The molecule has 0 atom stereocenters. The Morgan fingerprint density at radius 3 is 2.95 bits per heavy atom. The monoisotopic (exact) mass is 278 g/mol. The smallest absolute Gasteiger partial charge is 0.158 e. The second-order valence-corrected chi connectivity index (χ2v) is 5.15. The molecule has 1 aliphatic rings. The summed E-state index contributed by atoms with van der Waals surface area (Å²) in [6.45, 7) is 2.71. The minimum atomic E-state index is -0.319. The number of H-pyrrole nitrogens is 1. The maximum atomic E-state index is 14.1. The topological polar surface area (TPSA) is 62.0 Å². The fourth-order valence-electron chi connectivity index (χ4n) is 2.61. The number of hydrogen-bond donors (Lipinski definition) is 3. The van der Waals surface area contributed by atoms with Gasteiger partial charge in [-0.15, -0.1) is 0 Å². The number of ether oxygens (including phenoxy) is 1. The van der Waals surface area contributed by atoms with Crippen molar-refractivity contribution >= 4 is 16.7 Å². The zero-order valence-electron chi connectivity index (χ0n) is 11.5. The molecule has 1 fully saturated rings. The van der Waals surface area contributed by atoms with Crippen LogP contribution in [0.1, 0.15) is 12.8 Å². The third-order valence-corrected chi connectivity index (χ3v) is 3.77. The van der Waals surface area contributed by atoms with Crippen LogP contribution in [0.25, 0.3) is 10.9 Å². The molecule has 0 amide bonds. The Bertz CT molecular complexity index is 592. The normalized spacial score (nSPS) is 16.5. The Morgan fingerprint density at radius 2 is 2.20 bits per heavy atom. The number of halogens is 1. The van der Waals surface area contributed by atoms with Gasteiger partial charge in [-0.3, -0.25) is 5.10 Å². The van der Waals surface area contributed by atoms with Gasteiger partial charge in [-0.2, -0.15) is 5.10 Å². The number of rotatable bonds is 4. The summed E-state index contributed by atoms with van der Waals surface area (Å²) in [6, 6.07) is 3.23. The van der Waals surface area contributed by atoms with Crippen LogP contribution in [0.5, 0.6) is 5.75 Å². The summed E-state index contributed by atoms with van der Waals surface area (Å²) in [4.78, 5) is 0. The molecule has 2 aromatic rings. The zero-order chi connectivity index (χ0) is 13.9. The van der Waals surface area contributed by atoms with E-state index in [-0.39, 0.29) is 5.82 Å². The van der Waals surface area contributed by atoms with Crippen molar-refractivity contribution in [2.45, 2.75) is 12.8 Å². The highest BCUT2D eigenvalue weighted by Gasteiger charge is 2.15. The van der Waals surface area contributed by atoms with Gasteiger partial charge in [0.1, 0.15) is 11.6 Å². The van der Waals surface area contributed by atoms with Crippen molar-refractivity contribution in [3.63, 3.8) is 0 Å². The van der Waals surface area contributed by atoms with E-state index in [1.807, 2.05) is 0 Å². The number of nitrogens with zero attached hydrogens (tertiary/aromatic N) is 1. The molecule has 6 heteroatoms. The second kappa shape index (κ2) is 5.66. The molecule has 3 rings (SSSR count). The summed E-state index contributed by atoms with van der Waals surface area (Å²) >= 11 is 0. The average Bonchev–Trinajstić information content (AvgIpc) is 2.90. The third kappa shape index (κ3) is 2.56. The Labute approximate surface area is 116 Å². The van der Waals surface area contributed by atoms with Gasteiger partial charge in [0.25, 0.3) is 0 Å². The van der Waals surface area contributed by atoms with Crippen LogP contribution in [0.15, 0.2) is 12.1 Å². The molecule has 2 heterocycles. The van der Waals surface area contributed by atoms with E-state index in [1.165, 1.54) is 6.07 Å². The average molecular weight is 278 g/mol. The van der Waals surface area contributed by atoms with Crippen LogP contribution in [0.4, 0.5) is 10.2 Å². The van der Waals surface area contributed by atoms with E-state index < -0.39 is 0 Å². The first-order valence-electron chi connectivity index (χ1n) is 6.97. The first kappa shape index (κ1) is 13.2. The fraction of sp³-hybridized carbons (Fsp3) is 0.500. The van der Waals surface area contributed by atoms with Gasteiger partial charge >= 0.3 is 0 Å². The van der Waals surface area contributed by atoms with Crippen molar-refractivity contribution in [1.29, 1.82) is 0 Å². The highest BCUT2D eigenvalue weighted by molar-refractivity contribution is 5.91. The fourth-order valence-corrected chi connectivity index (χ4v) is 2.61. The van der Waals surface area contributed by atoms with E-state index in [0.717, 1.165) is 25.9 Å². The van der Waals surface area contributed by atoms with Crippen LogP contribution in [-0.2, 0) is 0 Å². The Hall–Kier alpha value is -1.82. The number of benzene rings is 1. The minimum absolute atomic E-state index is 0.319. The van der Waals surface area contributed by atoms with Gasteiger partial charge in [-0.1, -0.05) is 0 Å². The molecule has 1 aromatic carbocycles. The van der Waals surface area contributed by atoms with E-state index in [0.29, 0.717) is 35.0 Å². The van der Waals surface area contributed by atoms with Gasteiger partial charge in [0.05, 0.1) is 17.5 Å². The predicted octanol–water partition coefficient (Wildman–Crippen LogP) is 2.12. The molecule has 108 valence electrons. The summed E-state index contributed by atoms with van der Waals surface area (Å²) in [7, 11) is 1.72. The van der Waals surface area contributed by atoms with Crippen molar-refractivity contribution in [1.82, 2.24) is 15.5 Å². The summed E-state index contributed by atoms with van der Waals surface area (Å²) in [5.74, 6) is 1.30. The maximum Gasteiger partial charge on any atom is 0.158 e. The largest absolute Gasteiger partial charge is 0.493 e. The molecule has 0 spiro atoms. The molecular formula is C14H19FN4O. The lowest BCUT2D eigenvalue weighted by molar-refractivity contribution is 0.215. The Morgan fingerprint density at radius 1 is 1.40 bits per heavy atom. The van der Waals surface area contributed by atoms with E-state index in [4.69, 9.17) is 4.74 Å². The van der Waals surface area contributed by atoms with Gasteiger partial charge in [0.2, 0.25) is 0 Å². The maximum absolute atomic E-state index is 14.1. The summed E-state index contributed by atoms with van der Waals surface area (Å²) in [5, 5.41) is 13.5. The van der Waals surface area contributed by atoms with Crippen molar-refractivity contribution in [3.05, 3.63) is 17.9 Å². The molecule has 1 saturated heterocycles. The molecule has 20 heavy (non-hydrogen) atoms. The highest BCUT2D eigenvalue weighted by Crippen LogP contribution is 2.28. The van der Waals surface area contributed by atoms with Crippen LogP contribution in [0.2, 0.25) is 0 Å². The zero-order valence-corrected chi connectivity index (χ0v) is 11.5. The van der Waals surface area contributed by atoms with Gasteiger partial charge in [-0.05, 0) is 31.8 Å². The lowest BCUT2D eigenvalue weighted by Crippen LogP contribution is -2.30. The second-order valence-electron chi connectivity index (χ2n) is 5.15. The molecular weight excluding hydrogens is 259 g/mol. The van der Waals surface area contributed by atoms with E-state index in [2.05, 4.69) is 20.8 Å². The summed E-state index contributed by atoms with van der Waals surface area (Å²) < 4.78 is 19.8. The van der Waals surface area contributed by atoms with Crippen LogP contribution < -0.4 is 15.4 Å². The van der Waals surface area contributed by atoms with Crippen molar-refractivity contribution in [2.75, 3.05) is 32.1 Å².